The van der Waals surface area contributed by atoms with Gasteiger partial charge in [-0.25, -0.2) is 0 Å². The van der Waals surface area contributed by atoms with E-state index in [1.165, 1.54) is 10.9 Å². The molecule has 0 radical (unpaired) electrons. The largest absolute Gasteiger partial charge is 0.490 e. The zero-order chi connectivity index (χ0) is 23.9. The van der Waals surface area contributed by atoms with Crippen LogP contribution in [0.5, 0.6) is 5.75 Å². The Morgan fingerprint density at radius 3 is 2.62 bits per heavy atom. The van der Waals surface area contributed by atoms with Crippen LogP contribution >= 0.6 is 11.6 Å². The highest BCUT2D eigenvalue weighted by Gasteiger charge is 2.15. The summed E-state index contributed by atoms with van der Waals surface area (Å²) in [6, 6.07) is 17.4. The molecule has 1 amide bonds. The standard InChI is InChI=1S/C25H22ClN5O3/c1-2-34-22-16-29-31(21-7-3-6-19(26)13-21)25(33)23(22)30-20-10-8-18(9-11-20)24(32)28-15-17-5-4-12-27-14-17/h3-14,16,30H,2,15H2,1H3,(H,28,32). The van der Waals surface area contributed by atoms with E-state index < -0.39 is 5.56 Å². The van der Waals surface area contributed by atoms with Crippen molar-refractivity contribution in [3.63, 3.8) is 0 Å². The second kappa shape index (κ2) is 10.6. The normalized spacial score (nSPS) is 10.5. The molecular weight excluding hydrogens is 454 g/mol. The molecule has 34 heavy (non-hydrogen) atoms. The number of aromatic nitrogens is 3. The number of nitrogens with zero attached hydrogens (tertiary/aromatic N) is 3. The number of hydrogen-bond donors (Lipinski definition) is 2. The van der Waals surface area contributed by atoms with Gasteiger partial charge in [0.05, 0.1) is 18.5 Å². The van der Waals surface area contributed by atoms with Crippen molar-refractivity contribution < 1.29 is 9.53 Å². The molecule has 0 spiro atoms. The van der Waals surface area contributed by atoms with Crippen LogP contribution in [0, 0.1) is 0 Å². The maximum atomic E-state index is 13.2. The number of ether oxygens (including phenoxy) is 1. The molecule has 0 bridgehead atoms. The number of benzene rings is 2. The van der Waals surface area contributed by atoms with Gasteiger partial charge in [-0.2, -0.15) is 9.78 Å². The highest BCUT2D eigenvalue weighted by Crippen LogP contribution is 2.24. The molecule has 2 N–H and O–H groups in total. The molecule has 0 atom stereocenters. The predicted octanol–water partition coefficient (Wildman–Crippen LogP) is 4.35. The van der Waals surface area contributed by atoms with Crippen LogP contribution in [0.4, 0.5) is 11.4 Å². The number of rotatable bonds is 8. The summed E-state index contributed by atoms with van der Waals surface area (Å²) in [5.74, 6) is 0.113. The third-order valence-electron chi connectivity index (χ3n) is 4.89. The molecule has 172 valence electrons. The minimum absolute atomic E-state index is 0.211. The van der Waals surface area contributed by atoms with E-state index in [4.69, 9.17) is 16.3 Å². The number of anilines is 2. The Hall–Kier alpha value is -4.17. The fourth-order valence-electron chi connectivity index (χ4n) is 3.25. The molecule has 2 aromatic heterocycles. The van der Waals surface area contributed by atoms with Gasteiger partial charge in [0.1, 0.15) is 0 Å². The van der Waals surface area contributed by atoms with Gasteiger partial charge in [0, 0.05) is 35.2 Å². The summed E-state index contributed by atoms with van der Waals surface area (Å²) in [6.07, 6.45) is 4.86. The van der Waals surface area contributed by atoms with Gasteiger partial charge >= 0.3 is 0 Å². The van der Waals surface area contributed by atoms with Crippen LogP contribution in [0.2, 0.25) is 5.02 Å². The van der Waals surface area contributed by atoms with E-state index in [-0.39, 0.29) is 11.6 Å². The zero-order valence-corrected chi connectivity index (χ0v) is 19.1. The van der Waals surface area contributed by atoms with Crippen LogP contribution in [-0.4, -0.2) is 27.3 Å². The highest BCUT2D eigenvalue weighted by molar-refractivity contribution is 6.30. The summed E-state index contributed by atoms with van der Waals surface area (Å²) >= 11 is 6.08. The summed E-state index contributed by atoms with van der Waals surface area (Å²) in [5.41, 5.74) is 2.38. The van der Waals surface area contributed by atoms with Crippen LogP contribution < -0.4 is 20.9 Å². The Balaban J connectivity index is 1.55. The molecule has 0 aliphatic rings. The maximum Gasteiger partial charge on any atom is 0.299 e. The number of carbonyl (C=O) groups is 1. The van der Waals surface area contributed by atoms with E-state index in [0.29, 0.717) is 40.9 Å². The molecule has 0 saturated carbocycles. The van der Waals surface area contributed by atoms with Gasteiger partial charge in [0.2, 0.25) is 0 Å². The van der Waals surface area contributed by atoms with E-state index in [1.54, 1.807) is 60.9 Å². The Morgan fingerprint density at radius 1 is 1.09 bits per heavy atom. The summed E-state index contributed by atoms with van der Waals surface area (Å²) in [7, 11) is 0. The fourth-order valence-corrected chi connectivity index (χ4v) is 3.43. The van der Waals surface area contributed by atoms with Crippen molar-refractivity contribution >= 4 is 28.9 Å². The minimum atomic E-state index is -0.397. The van der Waals surface area contributed by atoms with Gasteiger partial charge in [-0.15, -0.1) is 0 Å². The van der Waals surface area contributed by atoms with E-state index in [1.807, 2.05) is 19.1 Å². The number of carbonyl (C=O) groups excluding carboxylic acids is 1. The topological polar surface area (TPSA) is 98.1 Å². The van der Waals surface area contributed by atoms with Crippen molar-refractivity contribution in [1.82, 2.24) is 20.1 Å². The lowest BCUT2D eigenvalue weighted by Gasteiger charge is -2.14. The molecule has 0 fully saturated rings. The third kappa shape index (κ3) is 5.41. The predicted molar refractivity (Wildman–Crippen MR) is 131 cm³/mol. The van der Waals surface area contributed by atoms with Gasteiger partial charge in [-0.1, -0.05) is 23.7 Å². The van der Waals surface area contributed by atoms with Crippen molar-refractivity contribution in [2.45, 2.75) is 13.5 Å². The van der Waals surface area contributed by atoms with E-state index in [0.717, 1.165) is 5.56 Å². The molecule has 0 aliphatic heterocycles. The lowest BCUT2D eigenvalue weighted by molar-refractivity contribution is 0.0951. The van der Waals surface area contributed by atoms with Crippen LogP contribution in [0.25, 0.3) is 5.69 Å². The second-order valence-electron chi connectivity index (χ2n) is 7.26. The molecule has 0 unspecified atom stereocenters. The number of nitrogens with one attached hydrogen (secondary N) is 2. The van der Waals surface area contributed by atoms with Gasteiger partial charge in [-0.3, -0.25) is 14.6 Å². The zero-order valence-electron chi connectivity index (χ0n) is 18.4. The lowest BCUT2D eigenvalue weighted by Crippen LogP contribution is -2.24. The van der Waals surface area contributed by atoms with E-state index >= 15 is 0 Å². The first-order chi connectivity index (χ1) is 16.5. The Bertz CT molecular complexity index is 1340. The monoisotopic (exact) mass is 475 g/mol. The van der Waals surface area contributed by atoms with Crippen molar-refractivity contribution in [2.24, 2.45) is 0 Å². The first kappa shape index (κ1) is 23.0. The SMILES string of the molecule is CCOc1cnn(-c2cccc(Cl)c2)c(=O)c1Nc1ccc(C(=O)NCc2cccnc2)cc1. The number of halogens is 1. The van der Waals surface area contributed by atoms with Crippen molar-refractivity contribution in [1.29, 1.82) is 0 Å². The fraction of sp³-hybridized carbons (Fsp3) is 0.120. The molecule has 9 heteroatoms. The summed E-state index contributed by atoms with van der Waals surface area (Å²) in [6.45, 7) is 2.57. The Kier molecular flexibility index (Phi) is 7.19. The first-order valence-corrected chi connectivity index (χ1v) is 11.0. The number of amides is 1. The van der Waals surface area contributed by atoms with Gasteiger partial charge in [-0.05, 0) is 61.0 Å². The molecule has 0 aliphatic carbocycles. The summed E-state index contributed by atoms with van der Waals surface area (Å²) < 4.78 is 6.85. The van der Waals surface area contributed by atoms with Gasteiger partial charge < -0.3 is 15.4 Å². The van der Waals surface area contributed by atoms with Crippen molar-refractivity contribution in [2.75, 3.05) is 11.9 Å². The van der Waals surface area contributed by atoms with Crippen molar-refractivity contribution in [3.8, 4) is 11.4 Å². The summed E-state index contributed by atoms with van der Waals surface area (Å²) in [5, 5.41) is 10.7. The lowest BCUT2D eigenvalue weighted by atomic mass is 10.2. The number of hydrogen-bond acceptors (Lipinski definition) is 6. The Labute approximate surface area is 201 Å². The molecular formula is C25H22ClN5O3. The maximum absolute atomic E-state index is 13.2. The van der Waals surface area contributed by atoms with Crippen LogP contribution in [-0.2, 0) is 6.54 Å². The minimum Gasteiger partial charge on any atom is -0.490 e. The van der Waals surface area contributed by atoms with Gasteiger partial charge in [0.15, 0.2) is 11.4 Å². The van der Waals surface area contributed by atoms with Crippen LogP contribution in [0.15, 0.2) is 84.0 Å². The quantitative estimate of drug-likeness (QED) is 0.393. The highest BCUT2D eigenvalue weighted by atomic mass is 35.5. The van der Waals surface area contributed by atoms with Gasteiger partial charge in [0.25, 0.3) is 11.5 Å². The van der Waals surface area contributed by atoms with E-state index in [9.17, 15) is 9.59 Å². The molecule has 2 aromatic carbocycles. The Morgan fingerprint density at radius 2 is 1.91 bits per heavy atom. The van der Waals surface area contributed by atoms with Crippen LogP contribution in [0.1, 0.15) is 22.8 Å². The number of pyridine rings is 1. The molecule has 2 heterocycles. The van der Waals surface area contributed by atoms with Crippen LogP contribution in [0.3, 0.4) is 0 Å². The molecule has 4 rings (SSSR count). The second-order valence-corrected chi connectivity index (χ2v) is 7.70. The first-order valence-electron chi connectivity index (χ1n) is 10.6. The average molecular weight is 476 g/mol. The molecule has 0 saturated heterocycles. The average Bonchev–Trinajstić information content (AvgIpc) is 2.86. The molecule has 4 aromatic rings. The van der Waals surface area contributed by atoms with Crippen molar-refractivity contribution in [3.05, 3.63) is 106 Å². The van der Waals surface area contributed by atoms with E-state index in [2.05, 4.69) is 20.7 Å². The summed E-state index contributed by atoms with van der Waals surface area (Å²) in [4.78, 5) is 29.7. The smallest absolute Gasteiger partial charge is 0.299 e. The molecule has 8 nitrogen and oxygen atoms in total. The third-order valence-corrected chi connectivity index (χ3v) is 5.12.